The van der Waals surface area contributed by atoms with Gasteiger partial charge in [0, 0.05) is 19.0 Å². The molecule has 1 heterocycles. The van der Waals surface area contributed by atoms with Gasteiger partial charge in [0.1, 0.15) is 5.82 Å². The number of para-hydroxylation sites is 1. The first-order chi connectivity index (χ1) is 8.70. The Morgan fingerprint density at radius 1 is 1.33 bits per heavy atom. The van der Waals surface area contributed by atoms with Crippen molar-refractivity contribution in [2.24, 2.45) is 0 Å². The van der Waals surface area contributed by atoms with Crippen LogP contribution in [0.2, 0.25) is 0 Å². The number of hydrogen-bond donors (Lipinski definition) is 3. The summed E-state index contributed by atoms with van der Waals surface area (Å²) < 4.78 is 0. The second-order valence-corrected chi connectivity index (χ2v) is 3.73. The number of carbonyl (C=O) groups is 1. The minimum atomic E-state index is -0.850. The van der Waals surface area contributed by atoms with E-state index in [0.29, 0.717) is 12.5 Å². The number of nitrogens with zero attached hydrogens (tertiary/aromatic N) is 2. The molecule has 0 fully saturated rings. The van der Waals surface area contributed by atoms with E-state index < -0.39 is 5.97 Å². The first-order valence-corrected chi connectivity index (χ1v) is 5.61. The Morgan fingerprint density at radius 3 is 2.83 bits per heavy atom. The number of aliphatic carboxylic acids is 1. The molecule has 0 bridgehead atoms. The molecule has 6 heteroatoms. The van der Waals surface area contributed by atoms with Crippen LogP contribution in [0.15, 0.2) is 24.3 Å². The summed E-state index contributed by atoms with van der Waals surface area (Å²) in [6.07, 6.45) is 0.0328. The second-order valence-electron chi connectivity index (χ2n) is 3.73. The van der Waals surface area contributed by atoms with Crippen molar-refractivity contribution < 1.29 is 9.90 Å². The number of benzene rings is 1. The summed E-state index contributed by atoms with van der Waals surface area (Å²) in [6, 6.07) is 7.64. The number of fused-ring (bicyclic) bond motifs is 1. The molecule has 0 aliphatic carbocycles. The van der Waals surface area contributed by atoms with Gasteiger partial charge >= 0.3 is 5.97 Å². The maximum absolute atomic E-state index is 10.4. The lowest BCUT2D eigenvalue weighted by atomic mass is 10.2. The summed E-state index contributed by atoms with van der Waals surface area (Å²) in [5.41, 5.74) is 0.815. The fraction of sp³-hybridized carbons (Fsp3) is 0.250. The average Bonchev–Trinajstić information content (AvgIpc) is 2.37. The first kappa shape index (κ1) is 12.1. The zero-order valence-corrected chi connectivity index (χ0v) is 9.97. The van der Waals surface area contributed by atoms with Crippen LogP contribution >= 0.6 is 0 Å². The molecule has 0 saturated carbocycles. The molecule has 1 aromatic heterocycles. The van der Waals surface area contributed by atoms with Gasteiger partial charge in [-0.05, 0) is 12.1 Å². The highest BCUT2D eigenvalue weighted by Crippen LogP contribution is 2.20. The Kier molecular flexibility index (Phi) is 3.57. The predicted molar refractivity (Wildman–Crippen MR) is 69.8 cm³/mol. The van der Waals surface area contributed by atoms with Gasteiger partial charge in [0.05, 0.1) is 11.9 Å². The van der Waals surface area contributed by atoms with Crippen LogP contribution in [0.1, 0.15) is 6.42 Å². The van der Waals surface area contributed by atoms with Gasteiger partial charge in [-0.2, -0.15) is 4.98 Å². The third kappa shape index (κ3) is 2.65. The molecule has 0 aliphatic rings. The Hall–Kier alpha value is -2.37. The van der Waals surface area contributed by atoms with E-state index in [9.17, 15) is 4.79 Å². The molecule has 2 aromatic rings. The van der Waals surface area contributed by atoms with Crippen LogP contribution < -0.4 is 10.6 Å². The Bertz CT molecular complexity index is 571. The largest absolute Gasteiger partial charge is 0.481 e. The minimum Gasteiger partial charge on any atom is -0.481 e. The number of nitrogens with one attached hydrogen (secondary N) is 2. The topological polar surface area (TPSA) is 87.1 Å². The fourth-order valence-electron chi connectivity index (χ4n) is 1.63. The van der Waals surface area contributed by atoms with E-state index in [2.05, 4.69) is 20.6 Å². The number of carboxylic acid groups (broad SMARTS) is 1. The summed E-state index contributed by atoms with van der Waals surface area (Å²) in [5.74, 6) is 0.301. The van der Waals surface area contributed by atoms with Crippen molar-refractivity contribution in [1.82, 2.24) is 9.97 Å². The molecule has 0 atom stereocenters. The number of anilines is 2. The average molecular weight is 246 g/mol. The molecule has 2 rings (SSSR count). The van der Waals surface area contributed by atoms with Gasteiger partial charge in [0.2, 0.25) is 5.95 Å². The molecule has 0 spiro atoms. The van der Waals surface area contributed by atoms with E-state index in [1.807, 2.05) is 24.3 Å². The number of carboxylic acids is 1. The van der Waals surface area contributed by atoms with Gasteiger partial charge in [-0.15, -0.1) is 0 Å². The Balaban J connectivity index is 2.26. The van der Waals surface area contributed by atoms with E-state index >= 15 is 0 Å². The standard InChI is InChI=1S/C12H14N4O2/c1-13-11-8-4-2-3-5-9(8)15-12(16-11)14-7-6-10(17)18/h2-5H,6-7H2,1H3,(H,17,18)(H2,13,14,15,16). The van der Waals surface area contributed by atoms with Crippen LogP contribution in [0.25, 0.3) is 10.9 Å². The highest BCUT2D eigenvalue weighted by Gasteiger charge is 2.06. The third-order valence-corrected chi connectivity index (χ3v) is 2.46. The van der Waals surface area contributed by atoms with Crippen molar-refractivity contribution >= 4 is 28.6 Å². The van der Waals surface area contributed by atoms with Crippen LogP contribution in [0, 0.1) is 0 Å². The molecule has 1 aromatic carbocycles. The monoisotopic (exact) mass is 246 g/mol. The molecule has 0 amide bonds. The minimum absolute atomic E-state index is 0.0328. The van der Waals surface area contributed by atoms with Crippen LogP contribution in [0.4, 0.5) is 11.8 Å². The van der Waals surface area contributed by atoms with Crippen LogP contribution in [0.5, 0.6) is 0 Å². The molecule has 0 unspecified atom stereocenters. The quantitative estimate of drug-likeness (QED) is 0.742. The molecule has 94 valence electrons. The Morgan fingerprint density at radius 2 is 2.11 bits per heavy atom. The van der Waals surface area contributed by atoms with Crippen molar-refractivity contribution in [3.63, 3.8) is 0 Å². The molecular formula is C12H14N4O2. The zero-order valence-electron chi connectivity index (χ0n) is 9.97. The summed E-state index contributed by atoms with van der Waals surface area (Å²) in [7, 11) is 1.79. The van der Waals surface area contributed by atoms with Crippen LogP contribution in [0.3, 0.4) is 0 Å². The molecule has 6 nitrogen and oxygen atoms in total. The van der Waals surface area contributed by atoms with E-state index in [1.54, 1.807) is 7.05 Å². The van der Waals surface area contributed by atoms with Gasteiger partial charge in [0.15, 0.2) is 0 Å². The highest BCUT2D eigenvalue weighted by atomic mass is 16.4. The molecular weight excluding hydrogens is 232 g/mol. The van der Waals surface area contributed by atoms with Gasteiger partial charge in [-0.1, -0.05) is 12.1 Å². The number of rotatable bonds is 5. The molecule has 0 radical (unpaired) electrons. The van der Waals surface area contributed by atoms with Gasteiger partial charge in [-0.25, -0.2) is 4.98 Å². The van der Waals surface area contributed by atoms with Gasteiger partial charge < -0.3 is 15.7 Å². The van der Waals surface area contributed by atoms with Gasteiger partial charge in [0.25, 0.3) is 0 Å². The summed E-state index contributed by atoms with van der Waals surface area (Å²) in [5, 5.41) is 15.4. The molecule has 0 aliphatic heterocycles. The SMILES string of the molecule is CNc1nc(NCCC(=O)O)nc2ccccc12. The lowest BCUT2D eigenvalue weighted by molar-refractivity contribution is -0.136. The number of aromatic nitrogens is 2. The van der Waals surface area contributed by atoms with Crippen LogP contribution in [-0.2, 0) is 4.79 Å². The molecule has 3 N–H and O–H groups in total. The smallest absolute Gasteiger partial charge is 0.305 e. The van der Waals surface area contributed by atoms with Crippen molar-refractivity contribution in [3.05, 3.63) is 24.3 Å². The highest BCUT2D eigenvalue weighted by molar-refractivity contribution is 5.89. The lowest BCUT2D eigenvalue weighted by Crippen LogP contribution is -2.10. The van der Waals surface area contributed by atoms with Crippen molar-refractivity contribution in [2.75, 3.05) is 24.2 Å². The van der Waals surface area contributed by atoms with E-state index in [-0.39, 0.29) is 6.42 Å². The van der Waals surface area contributed by atoms with E-state index in [0.717, 1.165) is 16.7 Å². The Labute approximate surface area is 104 Å². The molecule has 0 saturated heterocycles. The predicted octanol–water partition coefficient (Wildman–Crippen LogP) is 1.56. The molecule has 18 heavy (non-hydrogen) atoms. The van der Waals surface area contributed by atoms with E-state index in [1.165, 1.54) is 0 Å². The number of hydrogen-bond acceptors (Lipinski definition) is 5. The second kappa shape index (κ2) is 5.31. The third-order valence-electron chi connectivity index (χ3n) is 2.46. The normalized spacial score (nSPS) is 10.3. The van der Waals surface area contributed by atoms with Gasteiger partial charge in [-0.3, -0.25) is 4.79 Å². The summed E-state index contributed by atoms with van der Waals surface area (Å²) >= 11 is 0. The van der Waals surface area contributed by atoms with Crippen molar-refractivity contribution in [1.29, 1.82) is 0 Å². The van der Waals surface area contributed by atoms with Crippen molar-refractivity contribution in [2.45, 2.75) is 6.42 Å². The van der Waals surface area contributed by atoms with Crippen molar-refractivity contribution in [3.8, 4) is 0 Å². The summed E-state index contributed by atoms with van der Waals surface area (Å²) in [4.78, 5) is 19.0. The lowest BCUT2D eigenvalue weighted by Gasteiger charge is -2.08. The fourth-order valence-corrected chi connectivity index (χ4v) is 1.63. The van der Waals surface area contributed by atoms with E-state index in [4.69, 9.17) is 5.11 Å². The first-order valence-electron chi connectivity index (χ1n) is 5.61. The van der Waals surface area contributed by atoms with Crippen LogP contribution in [-0.4, -0.2) is 34.6 Å². The zero-order chi connectivity index (χ0) is 13.0. The maximum atomic E-state index is 10.4. The maximum Gasteiger partial charge on any atom is 0.305 e. The summed E-state index contributed by atoms with van der Waals surface area (Å²) in [6.45, 7) is 0.302.